The Morgan fingerprint density at radius 1 is 1.25 bits per heavy atom. The fraction of sp³-hybridized carbons (Fsp3) is 0.769. The second kappa shape index (κ2) is 6.69. The predicted molar refractivity (Wildman–Crippen MR) is 80.4 cm³/mol. The first-order valence-corrected chi connectivity index (χ1v) is 7.22. The number of aliphatic hydroxyl groups excluding tert-OH is 1. The van der Waals surface area contributed by atoms with E-state index >= 15 is 0 Å². The molecule has 0 aliphatic carbocycles. The van der Waals surface area contributed by atoms with Crippen molar-refractivity contribution in [3.8, 4) is 0 Å². The Bertz CT molecular complexity index is 433. The molecule has 2 rings (SSSR count). The molecule has 1 aliphatic heterocycles. The molecule has 1 aromatic heterocycles. The molecule has 0 bridgehead atoms. The van der Waals surface area contributed by atoms with Crippen LogP contribution in [0.15, 0.2) is 0 Å². The predicted octanol–water partition coefficient (Wildman–Crippen LogP) is 0.721. The lowest BCUT2D eigenvalue weighted by molar-refractivity contribution is 0.298. The lowest BCUT2D eigenvalue weighted by Crippen LogP contribution is -2.35. The maximum Gasteiger partial charge on any atom is 0.232 e. The van der Waals surface area contributed by atoms with Crippen molar-refractivity contribution in [3.63, 3.8) is 0 Å². The van der Waals surface area contributed by atoms with Crippen molar-refractivity contribution in [2.75, 3.05) is 48.4 Å². The molecule has 20 heavy (non-hydrogen) atoms. The van der Waals surface area contributed by atoms with Gasteiger partial charge in [-0.2, -0.15) is 15.0 Å². The molecule has 1 aromatic rings. The van der Waals surface area contributed by atoms with Crippen LogP contribution in [-0.2, 0) is 0 Å². The van der Waals surface area contributed by atoms with Gasteiger partial charge in [0.15, 0.2) is 0 Å². The zero-order valence-corrected chi connectivity index (χ0v) is 12.5. The van der Waals surface area contributed by atoms with E-state index in [-0.39, 0.29) is 12.6 Å². The van der Waals surface area contributed by atoms with Crippen molar-refractivity contribution < 1.29 is 5.11 Å². The van der Waals surface area contributed by atoms with Crippen LogP contribution in [-0.4, -0.2) is 59.4 Å². The van der Waals surface area contributed by atoms with Gasteiger partial charge >= 0.3 is 0 Å². The van der Waals surface area contributed by atoms with Gasteiger partial charge in [-0.15, -0.1) is 0 Å². The van der Waals surface area contributed by atoms with Crippen molar-refractivity contribution in [2.45, 2.75) is 32.7 Å². The Balaban J connectivity index is 2.33. The summed E-state index contributed by atoms with van der Waals surface area (Å²) in [5.41, 5.74) is 0. The second-order valence-corrected chi connectivity index (χ2v) is 5.21. The molecule has 7 nitrogen and oxygen atoms in total. The van der Waals surface area contributed by atoms with Gasteiger partial charge in [-0.05, 0) is 26.7 Å². The van der Waals surface area contributed by atoms with Gasteiger partial charge in [0.1, 0.15) is 0 Å². The van der Waals surface area contributed by atoms with Gasteiger partial charge < -0.3 is 20.2 Å². The summed E-state index contributed by atoms with van der Waals surface area (Å²) >= 11 is 0. The minimum absolute atomic E-state index is 0.0811. The molecule has 0 spiro atoms. The van der Waals surface area contributed by atoms with E-state index in [0.29, 0.717) is 18.4 Å². The number of nitrogens with zero attached hydrogens (tertiary/aromatic N) is 5. The quantitative estimate of drug-likeness (QED) is 0.795. The molecule has 2 N–H and O–H groups in total. The summed E-state index contributed by atoms with van der Waals surface area (Å²) in [5.74, 6) is 1.91. The van der Waals surface area contributed by atoms with E-state index < -0.39 is 0 Å². The van der Waals surface area contributed by atoms with Crippen LogP contribution in [0.4, 0.5) is 17.8 Å². The molecule has 0 unspecified atom stereocenters. The Kier molecular flexibility index (Phi) is 4.94. The Morgan fingerprint density at radius 3 is 2.50 bits per heavy atom. The molecular formula is C13H24N6O. The average Bonchev–Trinajstić information content (AvgIpc) is 2.98. The molecule has 1 aliphatic rings. The average molecular weight is 280 g/mol. The summed E-state index contributed by atoms with van der Waals surface area (Å²) in [6.07, 6.45) is 2.36. The van der Waals surface area contributed by atoms with Crippen molar-refractivity contribution in [3.05, 3.63) is 0 Å². The lowest BCUT2D eigenvalue weighted by Gasteiger charge is -2.27. The highest BCUT2D eigenvalue weighted by Gasteiger charge is 2.20. The van der Waals surface area contributed by atoms with Crippen molar-refractivity contribution >= 4 is 17.8 Å². The molecule has 0 amide bonds. The van der Waals surface area contributed by atoms with E-state index in [0.717, 1.165) is 19.0 Å². The van der Waals surface area contributed by atoms with Gasteiger partial charge in [0.25, 0.3) is 0 Å². The first-order valence-electron chi connectivity index (χ1n) is 7.22. The van der Waals surface area contributed by atoms with E-state index in [1.807, 2.05) is 4.90 Å². The molecule has 1 fully saturated rings. The molecule has 1 saturated heterocycles. The van der Waals surface area contributed by atoms with Crippen LogP contribution >= 0.6 is 0 Å². The van der Waals surface area contributed by atoms with Crippen molar-refractivity contribution in [2.24, 2.45) is 0 Å². The van der Waals surface area contributed by atoms with Crippen LogP contribution in [0.25, 0.3) is 0 Å². The molecule has 0 radical (unpaired) electrons. The third kappa shape index (κ3) is 3.27. The lowest BCUT2D eigenvalue weighted by atomic mass is 10.3. The Morgan fingerprint density at radius 2 is 1.95 bits per heavy atom. The molecule has 0 saturated carbocycles. The highest BCUT2D eigenvalue weighted by atomic mass is 16.3. The topological polar surface area (TPSA) is 77.4 Å². The smallest absolute Gasteiger partial charge is 0.232 e. The maximum absolute atomic E-state index is 9.22. The van der Waals surface area contributed by atoms with E-state index in [2.05, 4.69) is 39.0 Å². The number of hydrogen-bond acceptors (Lipinski definition) is 7. The molecule has 2 heterocycles. The third-order valence-electron chi connectivity index (χ3n) is 3.45. The number of aromatic nitrogens is 3. The summed E-state index contributed by atoms with van der Waals surface area (Å²) in [5, 5.41) is 12.2. The van der Waals surface area contributed by atoms with Gasteiger partial charge in [0.2, 0.25) is 17.8 Å². The van der Waals surface area contributed by atoms with Gasteiger partial charge in [-0.3, -0.25) is 0 Å². The van der Waals surface area contributed by atoms with E-state index in [4.69, 9.17) is 0 Å². The van der Waals surface area contributed by atoms with Crippen LogP contribution in [0.5, 0.6) is 0 Å². The Hall–Kier alpha value is -1.63. The standard InChI is InChI=1S/C13H24N6O/c1-10(2)19(8-9-20)13-16-11(14-3)15-12(17-13)18-6-4-5-7-18/h10,20H,4-9H2,1-3H3,(H,14,15,16,17). The highest BCUT2D eigenvalue weighted by molar-refractivity contribution is 5.45. The maximum atomic E-state index is 9.22. The van der Waals surface area contributed by atoms with Crippen LogP contribution in [0, 0.1) is 0 Å². The third-order valence-corrected chi connectivity index (χ3v) is 3.45. The first kappa shape index (κ1) is 14.8. The monoisotopic (exact) mass is 280 g/mol. The van der Waals surface area contributed by atoms with Crippen LogP contribution in [0.2, 0.25) is 0 Å². The number of aliphatic hydroxyl groups is 1. The minimum Gasteiger partial charge on any atom is -0.395 e. The van der Waals surface area contributed by atoms with Crippen LogP contribution in [0.1, 0.15) is 26.7 Å². The minimum atomic E-state index is 0.0811. The number of nitrogens with one attached hydrogen (secondary N) is 1. The molecule has 7 heteroatoms. The second-order valence-electron chi connectivity index (χ2n) is 5.21. The largest absolute Gasteiger partial charge is 0.395 e. The normalized spacial score (nSPS) is 14.9. The SMILES string of the molecule is CNc1nc(N2CCCC2)nc(N(CCO)C(C)C)n1. The summed E-state index contributed by atoms with van der Waals surface area (Å²) in [7, 11) is 1.80. The summed E-state index contributed by atoms with van der Waals surface area (Å²) in [6, 6.07) is 0.223. The van der Waals surface area contributed by atoms with E-state index in [1.165, 1.54) is 12.8 Å². The first-order chi connectivity index (χ1) is 9.65. The summed E-state index contributed by atoms with van der Waals surface area (Å²) in [6.45, 7) is 6.71. The number of hydrogen-bond donors (Lipinski definition) is 2. The van der Waals surface area contributed by atoms with Crippen molar-refractivity contribution in [1.82, 2.24) is 15.0 Å². The molecule has 112 valence electrons. The Labute approximate surface area is 120 Å². The number of rotatable bonds is 6. The van der Waals surface area contributed by atoms with Crippen molar-refractivity contribution in [1.29, 1.82) is 0 Å². The molecule has 0 aromatic carbocycles. The number of anilines is 3. The van der Waals surface area contributed by atoms with Crippen LogP contribution < -0.4 is 15.1 Å². The fourth-order valence-electron chi connectivity index (χ4n) is 2.35. The molecule has 0 atom stereocenters. The van der Waals surface area contributed by atoms with E-state index in [9.17, 15) is 5.11 Å². The molecular weight excluding hydrogens is 256 g/mol. The zero-order chi connectivity index (χ0) is 14.5. The van der Waals surface area contributed by atoms with Gasteiger partial charge in [-0.25, -0.2) is 0 Å². The summed E-state index contributed by atoms with van der Waals surface area (Å²) in [4.78, 5) is 17.6. The summed E-state index contributed by atoms with van der Waals surface area (Å²) < 4.78 is 0. The van der Waals surface area contributed by atoms with Crippen LogP contribution in [0.3, 0.4) is 0 Å². The van der Waals surface area contributed by atoms with Gasteiger partial charge in [0.05, 0.1) is 6.61 Å². The van der Waals surface area contributed by atoms with E-state index in [1.54, 1.807) is 7.05 Å². The highest BCUT2D eigenvalue weighted by Crippen LogP contribution is 2.21. The van der Waals surface area contributed by atoms with Gasteiger partial charge in [-0.1, -0.05) is 0 Å². The zero-order valence-electron chi connectivity index (χ0n) is 12.5. The fourth-order valence-corrected chi connectivity index (χ4v) is 2.35. The van der Waals surface area contributed by atoms with Gasteiger partial charge in [0, 0.05) is 32.7 Å².